The summed E-state index contributed by atoms with van der Waals surface area (Å²) in [5.41, 5.74) is 0.769. The summed E-state index contributed by atoms with van der Waals surface area (Å²) < 4.78 is 21.0. The lowest BCUT2D eigenvalue weighted by Crippen LogP contribution is -2.37. The third kappa shape index (κ3) is 3.50. The quantitative estimate of drug-likeness (QED) is 0.754. The minimum atomic E-state index is -0.740. The smallest absolute Gasteiger partial charge is 0.261 e. The molecule has 5 nitrogen and oxygen atoms in total. The number of imidazole rings is 1. The maximum atomic E-state index is 13.6. The molecule has 2 aromatic heterocycles. The molecule has 0 aliphatic carbocycles. The Labute approximate surface area is 136 Å². The highest BCUT2D eigenvalue weighted by Gasteiger charge is 2.19. The average molecular weight is 333 g/mol. The second-order valence-electron chi connectivity index (χ2n) is 4.99. The zero-order valence-corrected chi connectivity index (χ0v) is 13.3. The van der Waals surface area contributed by atoms with Gasteiger partial charge in [0.15, 0.2) is 22.6 Å². The van der Waals surface area contributed by atoms with Crippen molar-refractivity contribution >= 4 is 22.2 Å². The van der Waals surface area contributed by atoms with Gasteiger partial charge in [0.1, 0.15) is 0 Å². The van der Waals surface area contributed by atoms with Crippen molar-refractivity contribution < 1.29 is 13.9 Å². The maximum absolute atomic E-state index is 13.6. The molecular weight excluding hydrogens is 317 g/mol. The van der Waals surface area contributed by atoms with Crippen LogP contribution in [0.1, 0.15) is 19.0 Å². The van der Waals surface area contributed by atoms with Gasteiger partial charge in [-0.25, -0.2) is 9.37 Å². The second kappa shape index (κ2) is 6.78. The minimum Gasteiger partial charge on any atom is -0.478 e. The molecule has 1 atom stereocenters. The third-order valence-corrected chi connectivity index (χ3v) is 4.13. The van der Waals surface area contributed by atoms with Crippen molar-refractivity contribution in [3.8, 4) is 5.75 Å². The Morgan fingerprint density at radius 1 is 1.48 bits per heavy atom. The molecule has 1 amide bonds. The van der Waals surface area contributed by atoms with Crippen LogP contribution in [0.3, 0.4) is 0 Å². The first-order valence-corrected chi connectivity index (χ1v) is 8.15. The van der Waals surface area contributed by atoms with Gasteiger partial charge in [-0.1, -0.05) is 19.1 Å². The number of rotatable bonds is 6. The fourth-order valence-electron chi connectivity index (χ4n) is 2.17. The van der Waals surface area contributed by atoms with Gasteiger partial charge in [0.25, 0.3) is 5.91 Å². The van der Waals surface area contributed by atoms with Crippen molar-refractivity contribution in [1.29, 1.82) is 0 Å². The number of fused-ring (bicyclic) bond motifs is 1. The summed E-state index contributed by atoms with van der Waals surface area (Å²) in [7, 11) is 0. The number of amides is 1. The summed E-state index contributed by atoms with van der Waals surface area (Å²) >= 11 is 1.53. The van der Waals surface area contributed by atoms with Crippen LogP contribution >= 0.6 is 11.3 Å². The van der Waals surface area contributed by atoms with Crippen molar-refractivity contribution in [2.24, 2.45) is 0 Å². The maximum Gasteiger partial charge on any atom is 0.261 e. The predicted octanol–water partition coefficient (Wildman–Crippen LogP) is 3.01. The van der Waals surface area contributed by atoms with Gasteiger partial charge < -0.3 is 10.1 Å². The SMILES string of the molecule is CCC(Oc1ccccc1F)C(=O)NCc1cn2ccsc2n1. The van der Waals surface area contributed by atoms with Gasteiger partial charge in [-0.3, -0.25) is 9.20 Å². The molecule has 2 heterocycles. The standard InChI is InChI=1S/C16H16FN3O2S/c1-2-13(22-14-6-4-3-5-12(14)17)15(21)18-9-11-10-20-7-8-23-16(20)19-11/h3-8,10,13H,2,9H2,1H3,(H,18,21). The molecule has 1 aromatic carbocycles. The third-order valence-electron chi connectivity index (χ3n) is 3.36. The summed E-state index contributed by atoms with van der Waals surface area (Å²) in [5.74, 6) is -0.683. The van der Waals surface area contributed by atoms with E-state index in [2.05, 4.69) is 10.3 Å². The molecule has 0 aliphatic rings. The molecule has 3 rings (SSSR count). The van der Waals surface area contributed by atoms with Gasteiger partial charge in [-0.15, -0.1) is 11.3 Å². The Hall–Kier alpha value is -2.41. The summed E-state index contributed by atoms with van der Waals surface area (Å²) in [6.07, 6.45) is 3.48. The Bertz CT molecular complexity index is 786. The number of thiazole rings is 1. The highest BCUT2D eigenvalue weighted by molar-refractivity contribution is 7.15. The largest absolute Gasteiger partial charge is 0.478 e. The number of nitrogens with zero attached hydrogens (tertiary/aromatic N) is 2. The van der Waals surface area contributed by atoms with Crippen LogP contribution in [0, 0.1) is 5.82 Å². The number of ether oxygens (including phenoxy) is 1. The summed E-state index contributed by atoms with van der Waals surface area (Å²) in [4.78, 5) is 17.5. The molecule has 0 saturated heterocycles. The fraction of sp³-hybridized carbons (Fsp3) is 0.250. The molecule has 0 bridgehead atoms. The summed E-state index contributed by atoms with van der Waals surface area (Å²) in [6, 6.07) is 6.06. The molecule has 120 valence electrons. The van der Waals surface area contributed by atoms with Gasteiger partial charge in [0.2, 0.25) is 0 Å². The highest BCUT2D eigenvalue weighted by Crippen LogP contribution is 2.18. The van der Waals surface area contributed by atoms with Crippen LogP contribution in [-0.4, -0.2) is 21.4 Å². The van der Waals surface area contributed by atoms with Crippen LogP contribution in [0.5, 0.6) is 5.75 Å². The van der Waals surface area contributed by atoms with Crippen molar-refractivity contribution in [2.45, 2.75) is 26.0 Å². The van der Waals surface area contributed by atoms with Gasteiger partial charge in [-0.05, 0) is 18.6 Å². The lowest BCUT2D eigenvalue weighted by molar-refractivity contribution is -0.128. The van der Waals surface area contributed by atoms with E-state index in [-0.39, 0.29) is 11.7 Å². The van der Waals surface area contributed by atoms with E-state index in [4.69, 9.17) is 4.74 Å². The highest BCUT2D eigenvalue weighted by atomic mass is 32.1. The van der Waals surface area contributed by atoms with Crippen molar-refractivity contribution in [2.75, 3.05) is 0 Å². The molecule has 0 spiro atoms. The lowest BCUT2D eigenvalue weighted by atomic mass is 10.2. The zero-order valence-electron chi connectivity index (χ0n) is 12.5. The summed E-state index contributed by atoms with van der Waals surface area (Å²) in [6.45, 7) is 2.13. The minimum absolute atomic E-state index is 0.0806. The van der Waals surface area contributed by atoms with Gasteiger partial charge in [0.05, 0.1) is 12.2 Å². The Morgan fingerprint density at radius 2 is 2.30 bits per heavy atom. The van der Waals surface area contributed by atoms with E-state index in [0.29, 0.717) is 13.0 Å². The van der Waals surface area contributed by atoms with E-state index in [9.17, 15) is 9.18 Å². The number of hydrogen-bond acceptors (Lipinski definition) is 4. The number of para-hydroxylation sites is 1. The molecule has 3 aromatic rings. The molecule has 0 radical (unpaired) electrons. The monoisotopic (exact) mass is 333 g/mol. The molecule has 7 heteroatoms. The van der Waals surface area contributed by atoms with E-state index in [1.54, 1.807) is 12.1 Å². The normalized spacial score (nSPS) is 12.3. The Morgan fingerprint density at radius 3 is 3.04 bits per heavy atom. The number of halogens is 1. The van der Waals surface area contributed by atoms with Crippen molar-refractivity contribution in [3.63, 3.8) is 0 Å². The van der Waals surface area contributed by atoms with Crippen LogP contribution in [0.15, 0.2) is 42.0 Å². The fourth-order valence-corrected chi connectivity index (χ4v) is 2.89. The number of carbonyl (C=O) groups is 1. The number of carbonyl (C=O) groups excluding carboxylic acids is 1. The van der Waals surface area contributed by atoms with Crippen molar-refractivity contribution in [1.82, 2.24) is 14.7 Å². The van der Waals surface area contributed by atoms with Crippen LogP contribution in [0.25, 0.3) is 4.96 Å². The van der Waals surface area contributed by atoms with E-state index in [1.807, 2.05) is 29.1 Å². The predicted molar refractivity (Wildman–Crippen MR) is 86.0 cm³/mol. The van der Waals surface area contributed by atoms with Gasteiger partial charge in [0, 0.05) is 17.8 Å². The molecule has 0 aliphatic heterocycles. The first-order chi connectivity index (χ1) is 11.2. The topological polar surface area (TPSA) is 55.6 Å². The van der Waals surface area contributed by atoms with Crippen LogP contribution in [0.2, 0.25) is 0 Å². The van der Waals surface area contributed by atoms with Gasteiger partial charge >= 0.3 is 0 Å². The first kappa shape index (κ1) is 15.5. The summed E-state index contributed by atoms with van der Waals surface area (Å²) in [5, 5.41) is 4.73. The molecule has 0 fully saturated rings. The number of hydrogen-bond donors (Lipinski definition) is 1. The molecule has 1 unspecified atom stereocenters. The van der Waals surface area contributed by atoms with Crippen LogP contribution in [0.4, 0.5) is 4.39 Å². The first-order valence-electron chi connectivity index (χ1n) is 7.27. The molecule has 1 N–H and O–H groups in total. The molecule has 0 saturated carbocycles. The molecule has 23 heavy (non-hydrogen) atoms. The second-order valence-corrected chi connectivity index (χ2v) is 5.86. The zero-order chi connectivity index (χ0) is 16.2. The Balaban J connectivity index is 1.61. The number of nitrogens with one attached hydrogen (secondary N) is 1. The van der Waals surface area contributed by atoms with E-state index >= 15 is 0 Å². The van der Waals surface area contributed by atoms with Crippen LogP contribution < -0.4 is 10.1 Å². The van der Waals surface area contributed by atoms with E-state index < -0.39 is 11.9 Å². The molecular formula is C16H16FN3O2S. The average Bonchev–Trinajstić information content (AvgIpc) is 3.13. The van der Waals surface area contributed by atoms with E-state index in [1.165, 1.54) is 23.5 Å². The Kier molecular flexibility index (Phi) is 4.57. The van der Waals surface area contributed by atoms with Crippen molar-refractivity contribution in [3.05, 3.63) is 53.6 Å². The lowest BCUT2D eigenvalue weighted by Gasteiger charge is -2.17. The van der Waals surface area contributed by atoms with Crippen LogP contribution in [-0.2, 0) is 11.3 Å². The van der Waals surface area contributed by atoms with Gasteiger partial charge in [-0.2, -0.15) is 0 Å². The number of benzene rings is 1. The van der Waals surface area contributed by atoms with E-state index in [0.717, 1.165) is 10.7 Å². The number of aromatic nitrogens is 2.